The molecule has 1 aromatic heterocycles. The van der Waals surface area contributed by atoms with Gasteiger partial charge in [-0.25, -0.2) is 0 Å². The highest BCUT2D eigenvalue weighted by Gasteiger charge is 2.29. The molecule has 1 unspecified atom stereocenters. The Morgan fingerprint density at radius 1 is 1.56 bits per heavy atom. The maximum atomic E-state index is 11.8. The summed E-state index contributed by atoms with van der Waals surface area (Å²) in [5, 5.41) is 0. The van der Waals surface area contributed by atoms with E-state index in [2.05, 4.69) is 4.98 Å². The molecule has 2 rings (SSSR count). The number of nitrogens with two attached hydrogens (primary N) is 1. The van der Waals surface area contributed by atoms with Crippen LogP contribution in [-0.2, 0) is 16.0 Å². The van der Waals surface area contributed by atoms with Crippen LogP contribution in [0.5, 0.6) is 0 Å². The number of carbonyl (C=O) groups is 1. The molecule has 1 saturated heterocycles. The van der Waals surface area contributed by atoms with Gasteiger partial charge in [0.1, 0.15) is 0 Å². The molecule has 1 aliphatic heterocycles. The molecular weight excluding hydrogens is 230 g/mol. The molecule has 0 radical (unpaired) electrons. The van der Waals surface area contributed by atoms with Crippen LogP contribution >= 0.6 is 0 Å². The third-order valence-corrected chi connectivity index (χ3v) is 3.21. The Kier molecular flexibility index (Phi) is 4.15. The predicted molar refractivity (Wildman–Crippen MR) is 68.9 cm³/mol. The lowest BCUT2D eigenvalue weighted by Gasteiger charge is -2.15. The number of pyridine rings is 1. The molecule has 1 amide bonds. The zero-order valence-corrected chi connectivity index (χ0v) is 10.6. The molecule has 2 N–H and O–H groups in total. The zero-order chi connectivity index (χ0) is 13.0. The van der Waals surface area contributed by atoms with Crippen LogP contribution in [0.1, 0.15) is 12.1 Å². The molecule has 1 atom stereocenters. The minimum Gasteiger partial charge on any atom is -0.397 e. The fourth-order valence-electron chi connectivity index (χ4n) is 2.26. The highest BCUT2D eigenvalue weighted by atomic mass is 16.5. The lowest BCUT2D eigenvalue weighted by molar-refractivity contribution is -0.128. The summed E-state index contributed by atoms with van der Waals surface area (Å²) in [6, 6.07) is 3.78. The molecule has 1 aromatic rings. The first-order valence-electron chi connectivity index (χ1n) is 6.16. The maximum Gasteiger partial charge on any atom is 0.223 e. The lowest BCUT2D eigenvalue weighted by Crippen LogP contribution is -2.28. The van der Waals surface area contributed by atoms with Crippen molar-refractivity contribution in [2.24, 2.45) is 5.92 Å². The first-order chi connectivity index (χ1) is 8.69. The number of carbonyl (C=O) groups excluding carboxylic acids is 1. The summed E-state index contributed by atoms with van der Waals surface area (Å²) in [5.41, 5.74) is 7.26. The minimum absolute atomic E-state index is 0.215. The van der Waals surface area contributed by atoms with Crippen molar-refractivity contribution in [2.45, 2.75) is 12.8 Å². The number of amides is 1. The summed E-state index contributed by atoms with van der Waals surface area (Å²) in [7, 11) is 1.65. The number of rotatable bonds is 5. The van der Waals surface area contributed by atoms with Crippen LogP contribution in [0.4, 0.5) is 5.69 Å². The van der Waals surface area contributed by atoms with Gasteiger partial charge in [0.2, 0.25) is 5.91 Å². The summed E-state index contributed by atoms with van der Waals surface area (Å²) in [4.78, 5) is 17.9. The van der Waals surface area contributed by atoms with Gasteiger partial charge in [0, 0.05) is 32.3 Å². The predicted octanol–water partition coefficient (Wildman–Crippen LogP) is 0.701. The van der Waals surface area contributed by atoms with Crippen LogP contribution in [0, 0.1) is 5.92 Å². The Hall–Kier alpha value is -1.62. The SMILES string of the molecule is COCCN1CC(Cc2ccc(N)cn2)CC1=O. The second-order valence-electron chi connectivity index (χ2n) is 4.69. The number of anilines is 1. The van der Waals surface area contributed by atoms with Gasteiger partial charge in [-0.2, -0.15) is 0 Å². The van der Waals surface area contributed by atoms with E-state index in [-0.39, 0.29) is 5.91 Å². The number of hydrogen-bond acceptors (Lipinski definition) is 4. The van der Waals surface area contributed by atoms with Gasteiger partial charge in [-0.1, -0.05) is 0 Å². The third-order valence-electron chi connectivity index (χ3n) is 3.21. The topological polar surface area (TPSA) is 68.5 Å². The molecule has 0 saturated carbocycles. The van der Waals surface area contributed by atoms with E-state index in [1.54, 1.807) is 13.3 Å². The minimum atomic E-state index is 0.215. The van der Waals surface area contributed by atoms with Gasteiger partial charge in [-0.3, -0.25) is 9.78 Å². The van der Waals surface area contributed by atoms with Gasteiger partial charge in [-0.05, 0) is 24.5 Å². The molecule has 5 heteroatoms. The van der Waals surface area contributed by atoms with Gasteiger partial charge in [0.15, 0.2) is 0 Å². The van der Waals surface area contributed by atoms with E-state index in [0.29, 0.717) is 31.2 Å². The Morgan fingerprint density at radius 3 is 3.06 bits per heavy atom. The highest BCUT2D eigenvalue weighted by molar-refractivity contribution is 5.78. The van der Waals surface area contributed by atoms with Crippen LogP contribution in [0.3, 0.4) is 0 Å². The molecule has 2 heterocycles. The van der Waals surface area contributed by atoms with E-state index in [1.807, 2.05) is 17.0 Å². The lowest BCUT2D eigenvalue weighted by atomic mass is 10.0. The number of likely N-dealkylation sites (tertiary alicyclic amines) is 1. The van der Waals surface area contributed by atoms with Crippen molar-refractivity contribution in [1.82, 2.24) is 9.88 Å². The number of ether oxygens (including phenoxy) is 1. The van der Waals surface area contributed by atoms with Crippen molar-refractivity contribution >= 4 is 11.6 Å². The van der Waals surface area contributed by atoms with Gasteiger partial charge < -0.3 is 15.4 Å². The fraction of sp³-hybridized carbons (Fsp3) is 0.538. The molecular formula is C13H19N3O2. The number of hydrogen-bond donors (Lipinski definition) is 1. The van der Waals surface area contributed by atoms with Crippen LogP contribution < -0.4 is 5.73 Å². The van der Waals surface area contributed by atoms with Crippen LogP contribution in [0.25, 0.3) is 0 Å². The Morgan fingerprint density at radius 2 is 2.39 bits per heavy atom. The average molecular weight is 249 g/mol. The Balaban J connectivity index is 1.88. The van der Waals surface area contributed by atoms with Crippen LogP contribution in [0.15, 0.2) is 18.3 Å². The van der Waals surface area contributed by atoms with Crippen LogP contribution in [0.2, 0.25) is 0 Å². The highest BCUT2D eigenvalue weighted by Crippen LogP contribution is 2.21. The van der Waals surface area contributed by atoms with Crippen LogP contribution in [-0.4, -0.2) is 42.6 Å². The molecule has 0 aromatic carbocycles. The quantitative estimate of drug-likeness (QED) is 0.834. The molecule has 1 fully saturated rings. The first kappa shape index (κ1) is 12.8. The monoisotopic (exact) mass is 249 g/mol. The number of nitrogens with zero attached hydrogens (tertiary/aromatic N) is 2. The standard InChI is InChI=1S/C13H19N3O2/c1-18-5-4-16-9-10(7-13(16)17)6-12-3-2-11(14)8-15-12/h2-3,8,10H,4-7,9,14H2,1H3. The van der Waals surface area contributed by atoms with E-state index in [9.17, 15) is 4.79 Å². The maximum absolute atomic E-state index is 11.8. The van der Waals surface area contributed by atoms with Crippen molar-refractivity contribution in [3.8, 4) is 0 Å². The molecule has 0 aliphatic carbocycles. The smallest absolute Gasteiger partial charge is 0.223 e. The van der Waals surface area contributed by atoms with E-state index in [1.165, 1.54) is 0 Å². The molecule has 1 aliphatic rings. The van der Waals surface area contributed by atoms with Crippen molar-refractivity contribution in [2.75, 3.05) is 32.5 Å². The summed E-state index contributed by atoms with van der Waals surface area (Å²) in [6.07, 6.45) is 3.10. The van der Waals surface area contributed by atoms with Crippen molar-refractivity contribution in [3.05, 3.63) is 24.0 Å². The normalized spacial score (nSPS) is 19.5. The molecule has 98 valence electrons. The van der Waals surface area contributed by atoms with Crippen molar-refractivity contribution in [1.29, 1.82) is 0 Å². The average Bonchev–Trinajstić information content (AvgIpc) is 2.70. The third kappa shape index (κ3) is 3.20. The van der Waals surface area contributed by atoms with E-state index in [4.69, 9.17) is 10.5 Å². The number of nitrogen functional groups attached to an aromatic ring is 1. The second kappa shape index (κ2) is 5.82. The summed E-state index contributed by atoms with van der Waals surface area (Å²) in [6.45, 7) is 2.08. The van der Waals surface area contributed by atoms with Gasteiger partial charge >= 0.3 is 0 Å². The Labute approximate surface area is 107 Å². The summed E-state index contributed by atoms with van der Waals surface area (Å²) in [5.74, 6) is 0.568. The summed E-state index contributed by atoms with van der Waals surface area (Å²) < 4.78 is 5.00. The van der Waals surface area contributed by atoms with Gasteiger partial charge in [0.25, 0.3) is 0 Å². The second-order valence-corrected chi connectivity index (χ2v) is 4.69. The number of aromatic nitrogens is 1. The molecule has 18 heavy (non-hydrogen) atoms. The molecule has 5 nitrogen and oxygen atoms in total. The largest absolute Gasteiger partial charge is 0.397 e. The van der Waals surface area contributed by atoms with Gasteiger partial charge in [-0.15, -0.1) is 0 Å². The molecule has 0 spiro atoms. The number of methoxy groups -OCH3 is 1. The fourth-order valence-corrected chi connectivity index (χ4v) is 2.26. The van der Waals surface area contributed by atoms with Crippen molar-refractivity contribution in [3.63, 3.8) is 0 Å². The van der Waals surface area contributed by atoms with Crippen molar-refractivity contribution < 1.29 is 9.53 Å². The first-order valence-corrected chi connectivity index (χ1v) is 6.16. The summed E-state index contributed by atoms with van der Waals surface area (Å²) >= 11 is 0. The molecule has 0 bridgehead atoms. The zero-order valence-electron chi connectivity index (χ0n) is 10.6. The van der Waals surface area contributed by atoms with Gasteiger partial charge in [0.05, 0.1) is 18.5 Å². The Bertz CT molecular complexity index is 405. The van der Waals surface area contributed by atoms with E-state index >= 15 is 0 Å². The van der Waals surface area contributed by atoms with E-state index in [0.717, 1.165) is 18.7 Å². The van der Waals surface area contributed by atoms with E-state index < -0.39 is 0 Å².